The van der Waals surface area contributed by atoms with Crippen molar-refractivity contribution in [3.63, 3.8) is 0 Å². The highest BCUT2D eigenvalue weighted by Gasteiger charge is 2.12. The quantitative estimate of drug-likeness (QED) is 0.555. The number of aryl methyl sites for hydroxylation is 2. The van der Waals surface area contributed by atoms with Gasteiger partial charge in [0.15, 0.2) is 5.13 Å². The maximum absolute atomic E-state index is 4.78. The van der Waals surface area contributed by atoms with Crippen molar-refractivity contribution in [1.29, 1.82) is 0 Å². The van der Waals surface area contributed by atoms with Crippen LogP contribution in [0.5, 0.6) is 0 Å². The molecule has 0 bridgehead atoms. The fourth-order valence-corrected chi connectivity index (χ4v) is 3.67. The van der Waals surface area contributed by atoms with Crippen LogP contribution in [-0.2, 0) is 13.6 Å². The molecule has 0 amide bonds. The molecule has 2 heterocycles. The number of hydrogen-bond donors (Lipinski definition) is 1. The van der Waals surface area contributed by atoms with Crippen molar-refractivity contribution in [3.05, 3.63) is 71.2 Å². The molecule has 0 radical (unpaired) electrons. The van der Waals surface area contributed by atoms with Gasteiger partial charge in [-0.2, -0.15) is 0 Å². The number of anilines is 1. The van der Waals surface area contributed by atoms with Gasteiger partial charge in [0.05, 0.1) is 5.69 Å². The van der Waals surface area contributed by atoms with Crippen molar-refractivity contribution >= 4 is 27.4 Å². The summed E-state index contributed by atoms with van der Waals surface area (Å²) < 4.78 is 2.17. The van der Waals surface area contributed by atoms with Crippen molar-refractivity contribution in [3.8, 4) is 11.3 Å². The fraction of sp³-hybridized carbons (Fsp3) is 0.150. The summed E-state index contributed by atoms with van der Waals surface area (Å²) >= 11 is 1.65. The Bertz CT molecular complexity index is 983. The molecular formula is C20H19N3S. The molecule has 0 aliphatic heterocycles. The minimum atomic E-state index is 0.794. The number of benzene rings is 2. The molecule has 120 valence electrons. The number of nitrogens with one attached hydrogen (secondary N) is 1. The molecule has 0 atom stereocenters. The van der Waals surface area contributed by atoms with Crippen molar-refractivity contribution in [2.75, 3.05) is 5.32 Å². The van der Waals surface area contributed by atoms with E-state index in [1.54, 1.807) is 11.3 Å². The number of hydrogen-bond acceptors (Lipinski definition) is 3. The molecule has 0 saturated heterocycles. The zero-order valence-electron chi connectivity index (χ0n) is 13.8. The van der Waals surface area contributed by atoms with E-state index in [2.05, 4.69) is 77.9 Å². The van der Waals surface area contributed by atoms with Crippen molar-refractivity contribution in [1.82, 2.24) is 9.55 Å². The average molecular weight is 333 g/mol. The zero-order valence-corrected chi connectivity index (χ0v) is 14.6. The lowest BCUT2D eigenvalue weighted by molar-refractivity contribution is 0.969. The smallest absolute Gasteiger partial charge is 0.183 e. The summed E-state index contributed by atoms with van der Waals surface area (Å²) in [4.78, 5) is 4.78. The summed E-state index contributed by atoms with van der Waals surface area (Å²) in [6.07, 6.45) is 2.17. The summed E-state index contributed by atoms with van der Waals surface area (Å²) in [5, 5.41) is 7.77. The number of rotatable bonds is 4. The van der Waals surface area contributed by atoms with Gasteiger partial charge in [-0.15, -0.1) is 11.3 Å². The summed E-state index contributed by atoms with van der Waals surface area (Å²) in [5.74, 6) is 0. The van der Waals surface area contributed by atoms with Gasteiger partial charge in [-0.05, 0) is 24.6 Å². The normalized spacial score (nSPS) is 11.1. The first-order valence-electron chi connectivity index (χ1n) is 8.00. The van der Waals surface area contributed by atoms with Crippen molar-refractivity contribution < 1.29 is 0 Å². The summed E-state index contributed by atoms with van der Waals surface area (Å²) in [6.45, 7) is 2.92. The number of nitrogens with zero attached hydrogens (tertiary/aromatic N) is 2. The molecular weight excluding hydrogens is 314 g/mol. The topological polar surface area (TPSA) is 29.9 Å². The Morgan fingerprint density at radius 3 is 2.79 bits per heavy atom. The lowest BCUT2D eigenvalue weighted by Crippen LogP contribution is -1.98. The van der Waals surface area contributed by atoms with Gasteiger partial charge in [0.25, 0.3) is 0 Å². The van der Waals surface area contributed by atoms with Gasteiger partial charge in [0.2, 0.25) is 0 Å². The highest BCUT2D eigenvalue weighted by atomic mass is 32.1. The van der Waals surface area contributed by atoms with E-state index in [0.29, 0.717) is 0 Å². The molecule has 4 heteroatoms. The molecule has 0 aliphatic rings. The van der Waals surface area contributed by atoms with Crippen molar-refractivity contribution in [2.24, 2.45) is 7.05 Å². The van der Waals surface area contributed by atoms with Crippen LogP contribution in [0, 0.1) is 6.92 Å². The van der Waals surface area contributed by atoms with Gasteiger partial charge in [0.1, 0.15) is 0 Å². The van der Waals surface area contributed by atoms with Crippen LogP contribution < -0.4 is 5.32 Å². The van der Waals surface area contributed by atoms with Crippen LogP contribution in [0.15, 0.2) is 60.1 Å². The minimum absolute atomic E-state index is 0.794. The molecule has 0 spiro atoms. The molecule has 0 saturated carbocycles. The van der Waals surface area contributed by atoms with Gasteiger partial charge < -0.3 is 9.88 Å². The average Bonchev–Trinajstić information content (AvgIpc) is 3.18. The molecule has 1 N–H and O–H groups in total. The second kappa shape index (κ2) is 6.13. The zero-order chi connectivity index (χ0) is 16.5. The van der Waals surface area contributed by atoms with E-state index in [-0.39, 0.29) is 0 Å². The van der Waals surface area contributed by atoms with E-state index in [1.807, 2.05) is 6.07 Å². The maximum atomic E-state index is 4.78. The number of fused-ring (bicyclic) bond motifs is 1. The molecule has 0 aliphatic carbocycles. The van der Waals surface area contributed by atoms with Crippen molar-refractivity contribution in [2.45, 2.75) is 13.5 Å². The second-order valence-electron chi connectivity index (χ2n) is 6.05. The van der Waals surface area contributed by atoms with Crippen LogP contribution in [0.25, 0.3) is 22.2 Å². The molecule has 4 aromatic rings. The monoisotopic (exact) mass is 333 g/mol. The third-order valence-corrected chi connectivity index (χ3v) is 5.01. The molecule has 24 heavy (non-hydrogen) atoms. The Balaban J connectivity index is 1.62. The highest BCUT2D eigenvalue weighted by molar-refractivity contribution is 7.14. The number of aromatic nitrogens is 2. The van der Waals surface area contributed by atoms with Gasteiger partial charge in [-0.1, -0.05) is 42.0 Å². The molecule has 0 fully saturated rings. The summed E-state index contributed by atoms with van der Waals surface area (Å²) in [5.41, 5.74) is 6.00. The van der Waals surface area contributed by atoms with Gasteiger partial charge in [-0.25, -0.2) is 4.98 Å². The Kier molecular flexibility index (Phi) is 3.82. The van der Waals surface area contributed by atoms with Crippen LogP contribution in [0.1, 0.15) is 11.1 Å². The first-order chi connectivity index (χ1) is 11.7. The van der Waals surface area contributed by atoms with E-state index in [0.717, 1.165) is 17.4 Å². The van der Waals surface area contributed by atoms with E-state index in [4.69, 9.17) is 4.98 Å². The molecule has 3 nitrogen and oxygen atoms in total. The third kappa shape index (κ3) is 2.81. The van der Waals surface area contributed by atoms with Crippen LogP contribution in [0.4, 0.5) is 5.13 Å². The van der Waals surface area contributed by atoms with E-state index in [1.165, 1.54) is 27.6 Å². The number of thiazole rings is 1. The predicted molar refractivity (Wildman–Crippen MR) is 103 cm³/mol. The van der Waals surface area contributed by atoms with Gasteiger partial charge in [0, 0.05) is 41.6 Å². The Morgan fingerprint density at radius 2 is 1.96 bits per heavy atom. The predicted octanol–water partition coefficient (Wildman–Crippen LogP) is 5.22. The molecule has 2 aromatic carbocycles. The standard InChI is InChI=1S/C20H19N3S/c1-14-8-9-19-16(10-14)17(12-23(19)2)18-13-24-20(22-18)21-11-15-6-4-3-5-7-15/h3-10,12-13H,11H2,1-2H3,(H,21,22). The lowest BCUT2D eigenvalue weighted by atomic mass is 10.1. The first kappa shape index (κ1) is 15.0. The first-order valence-corrected chi connectivity index (χ1v) is 8.88. The van der Waals surface area contributed by atoms with E-state index in [9.17, 15) is 0 Å². The Labute approximate surface area is 145 Å². The SMILES string of the molecule is Cc1ccc2c(c1)c(-c1csc(NCc3ccccc3)n1)cn2C. The molecule has 2 aromatic heterocycles. The lowest BCUT2D eigenvalue weighted by Gasteiger charge is -2.02. The summed E-state index contributed by atoms with van der Waals surface area (Å²) in [7, 11) is 2.09. The van der Waals surface area contributed by atoms with Crippen LogP contribution >= 0.6 is 11.3 Å². The van der Waals surface area contributed by atoms with Gasteiger partial charge in [-0.3, -0.25) is 0 Å². The highest BCUT2D eigenvalue weighted by Crippen LogP contribution is 2.32. The molecule has 0 unspecified atom stereocenters. The maximum Gasteiger partial charge on any atom is 0.183 e. The Hall–Kier alpha value is -2.59. The Morgan fingerprint density at radius 1 is 1.12 bits per heavy atom. The summed E-state index contributed by atoms with van der Waals surface area (Å²) in [6, 6.07) is 17.0. The largest absolute Gasteiger partial charge is 0.357 e. The van der Waals surface area contributed by atoms with E-state index < -0.39 is 0 Å². The van der Waals surface area contributed by atoms with Crippen LogP contribution in [0.2, 0.25) is 0 Å². The van der Waals surface area contributed by atoms with Crippen LogP contribution in [0.3, 0.4) is 0 Å². The third-order valence-electron chi connectivity index (χ3n) is 4.21. The van der Waals surface area contributed by atoms with E-state index >= 15 is 0 Å². The fourth-order valence-electron chi connectivity index (χ4n) is 2.96. The molecule has 4 rings (SSSR count). The van der Waals surface area contributed by atoms with Gasteiger partial charge >= 0.3 is 0 Å². The second-order valence-corrected chi connectivity index (χ2v) is 6.91. The minimum Gasteiger partial charge on any atom is -0.357 e. The van der Waals surface area contributed by atoms with Crippen LogP contribution in [-0.4, -0.2) is 9.55 Å².